The van der Waals surface area contributed by atoms with E-state index in [2.05, 4.69) is 23.8 Å². The molecule has 7 heteroatoms. The van der Waals surface area contributed by atoms with E-state index < -0.39 is 5.60 Å². The number of aromatic nitrogens is 2. The second-order valence-electron chi connectivity index (χ2n) is 9.86. The first kappa shape index (κ1) is 21.8. The van der Waals surface area contributed by atoms with Gasteiger partial charge in [-0.15, -0.1) is 0 Å². The number of aliphatic hydroxyl groups is 1. The lowest BCUT2D eigenvalue weighted by Gasteiger charge is -2.35. The molecule has 0 spiro atoms. The van der Waals surface area contributed by atoms with Crippen molar-refractivity contribution >= 4 is 5.91 Å². The number of hydrogen-bond donors (Lipinski definition) is 2. The minimum Gasteiger partial charge on any atom is -0.389 e. The van der Waals surface area contributed by atoms with E-state index >= 15 is 0 Å². The van der Waals surface area contributed by atoms with Gasteiger partial charge in [-0.1, -0.05) is 33.1 Å². The average Bonchev–Trinajstić information content (AvgIpc) is 3.10. The molecule has 1 atom stereocenters. The minimum atomic E-state index is -0.563. The van der Waals surface area contributed by atoms with Crippen LogP contribution in [0, 0.1) is 5.92 Å². The second-order valence-corrected chi connectivity index (χ2v) is 9.86. The molecule has 30 heavy (non-hydrogen) atoms. The second kappa shape index (κ2) is 9.37. The molecule has 0 aromatic carbocycles. The molecule has 4 rings (SSSR count). The topological polar surface area (TPSA) is 79.6 Å². The molecule has 0 radical (unpaired) electrons. The molecule has 1 aliphatic heterocycles. The quantitative estimate of drug-likeness (QED) is 0.740. The summed E-state index contributed by atoms with van der Waals surface area (Å²) < 4.78 is 7.50. The Labute approximate surface area is 180 Å². The number of hydrogen-bond acceptors (Lipinski definition) is 5. The number of morpholine rings is 1. The number of fused-ring (bicyclic) bond motifs is 1. The highest BCUT2D eigenvalue weighted by molar-refractivity contribution is 5.94. The van der Waals surface area contributed by atoms with Gasteiger partial charge in [0.25, 0.3) is 5.91 Å². The van der Waals surface area contributed by atoms with Crippen LogP contribution < -0.4 is 5.32 Å². The van der Waals surface area contributed by atoms with Crippen molar-refractivity contribution in [2.24, 2.45) is 5.92 Å². The van der Waals surface area contributed by atoms with Gasteiger partial charge in [0.1, 0.15) is 0 Å². The minimum absolute atomic E-state index is 0.0450. The summed E-state index contributed by atoms with van der Waals surface area (Å²) >= 11 is 0. The van der Waals surface area contributed by atoms with E-state index in [0.29, 0.717) is 44.5 Å². The van der Waals surface area contributed by atoms with E-state index in [1.54, 1.807) is 0 Å². The Bertz CT molecular complexity index is 733. The highest BCUT2D eigenvalue weighted by Crippen LogP contribution is 2.30. The van der Waals surface area contributed by atoms with Gasteiger partial charge in [-0.25, -0.2) is 0 Å². The molecule has 1 aromatic rings. The fourth-order valence-corrected chi connectivity index (χ4v) is 5.17. The molecular weight excluding hydrogens is 380 g/mol. The highest BCUT2D eigenvalue weighted by atomic mass is 16.5. The first-order valence-corrected chi connectivity index (χ1v) is 11.9. The van der Waals surface area contributed by atoms with Gasteiger partial charge in [0.15, 0.2) is 5.69 Å². The van der Waals surface area contributed by atoms with Crippen LogP contribution in [0.3, 0.4) is 0 Å². The van der Waals surface area contributed by atoms with Crippen molar-refractivity contribution in [3.8, 4) is 0 Å². The molecule has 2 aliphatic carbocycles. The van der Waals surface area contributed by atoms with Crippen molar-refractivity contribution in [2.75, 3.05) is 32.8 Å². The van der Waals surface area contributed by atoms with Gasteiger partial charge >= 0.3 is 0 Å². The van der Waals surface area contributed by atoms with Crippen LogP contribution in [0.25, 0.3) is 0 Å². The molecule has 1 saturated heterocycles. The largest absolute Gasteiger partial charge is 0.389 e. The normalized spacial score (nSPS) is 24.1. The first-order valence-electron chi connectivity index (χ1n) is 11.9. The van der Waals surface area contributed by atoms with Gasteiger partial charge < -0.3 is 20.1 Å². The van der Waals surface area contributed by atoms with Crippen LogP contribution in [-0.2, 0) is 24.1 Å². The van der Waals surface area contributed by atoms with E-state index in [4.69, 9.17) is 9.84 Å². The summed E-state index contributed by atoms with van der Waals surface area (Å²) in [5.74, 6) is 0.528. The summed E-state index contributed by atoms with van der Waals surface area (Å²) in [5, 5.41) is 19.3. The Morgan fingerprint density at radius 1 is 1.27 bits per heavy atom. The third-order valence-corrected chi connectivity index (χ3v) is 6.89. The summed E-state index contributed by atoms with van der Waals surface area (Å²) in [7, 11) is 0. The number of rotatable bonds is 6. The van der Waals surface area contributed by atoms with Crippen molar-refractivity contribution in [3.05, 3.63) is 17.0 Å². The molecule has 1 aromatic heterocycles. The number of nitrogens with zero attached hydrogens (tertiary/aromatic N) is 3. The van der Waals surface area contributed by atoms with Crippen LogP contribution >= 0.6 is 0 Å². The van der Waals surface area contributed by atoms with Crippen LogP contribution in [0.1, 0.15) is 74.1 Å². The number of carbonyl (C=O) groups is 1. The zero-order valence-corrected chi connectivity index (χ0v) is 18.7. The fraction of sp³-hybridized carbons (Fsp3) is 0.826. The van der Waals surface area contributed by atoms with Crippen LogP contribution in [0.5, 0.6) is 0 Å². The molecule has 168 valence electrons. The molecule has 2 heterocycles. The average molecular weight is 419 g/mol. The maximum atomic E-state index is 13.3. The third kappa shape index (κ3) is 4.89. The van der Waals surface area contributed by atoms with Crippen molar-refractivity contribution in [1.82, 2.24) is 20.0 Å². The lowest BCUT2D eigenvalue weighted by Crippen LogP contribution is -2.47. The molecule has 0 bridgehead atoms. The summed E-state index contributed by atoms with van der Waals surface area (Å²) in [4.78, 5) is 15.2. The van der Waals surface area contributed by atoms with E-state index in [-0.39, 0.29) is 11.9 Å². The predicted molar refractivity (Wildman–Crippen MR) is 116 cm³/mol. The maximum absolute atomic E-state index is 13.3. The van der Waals surface area contributed by atoms with Gasteiger partial charge in [0, 0.05) is 43.5 Å². The monoisotopic (exact) mass is 418 g/mol. The third-order valence-electron chi connectivity index (χ3n) is 6.89. The van der Waals surface area contributed by atoms with Gasteiger partial charge in [0.2, 0.25) is 0 Å². The fourth-order valence-electron chi connectivity index (χ4n) is 5.17. The lowest BCUT2D eigenvalue weighted by atomic mass is 9.84. The Morgan fingerprint density at radius 2 is 2.00 bits per heavy atom. The van der Waals surface area contributed by atoms with Crippen molar-refractivity contribution in [1.29, 1.82) is 0 Å². The molecule has 1 unspecified atom stereocenters. The Hall–Kier alpha value is -1.44. The molecule has 1 saturated carbocycles. The van der Waals surface area contributed by atoms with E-state index in [1.807, 2.05) is 4.90 Å². The Balaban J connectivity index is 1.50. The number of carbonyl (C=O) groups excluding carboxylic acids is 1. The highest BCUT2D eigenvalue weighted by Gasteiger charge is 2.34. The van der Waals surface area contributed by atoms with Gasteiger partial charge in [-0.2, -0.15) is 5.10 Å². The van der Waals surface area contributed by atoms with Gasteiger partial charge in [-0.3, -0.25) is 9.48 Å². The zero-order chi connectivity index (χ0) is 21.1. The zero-order valence-electron chi connectivity index (χ0n) is 18.7. The van der Waals surface area contributed by atoms with Gasteiger partial charge in [0.05, 0.1) is 18.8 Å². The molecule has 2 fully saturated rings. The van der Waals surface area contributed by atoms with E-state index in [0.717, 1.165) is 57.1 Å². The number of ether oxygens (including phenoxy) is 1. The smallest absolute Gasteiger partial charge is 0.274 e. The van der Waals surface area contributed by atoms with Gasteiger partial charge in [-0.05, 0) is 38.0 Å². The summed E-state index contributed by atoms with van der Waals surface area (Å²) in [6.45, 7) is 8.35. The van der Waals surface area contributed by atoms with Crippen LogP contribution in [-0.4, -0.2) is 70.2 Å². The molecular formula is C23H38N4O3. The molecule has 3 aliphatic rings. The van der Waals surface area contributed by atoms with E-state index in [9.17, 15) is 9.90 Å². The van der Waals surface area contributed by atoms with Crippen LogP contribution in [0.15, 0.2) is 0 Å². The SMILES string of the molecule is CC(C)Cn1nc(C(=O)N2CCOCC2)c2c1CCC(NCC1(O)CCCCC1)C2. The molecule has 1 amide bonds. The standard InChI is InChI=1S/C23H38N4O3/c1-17(2)15-27-20-7-6-18(24-16-23(29)8-4-3-5-9-23)14-19(20)21(25-27)22(28)26-10-12-30-13-11-26/h17-18,24,29H,3-16H2,1-2H3. The molecule has 7 nitrogen and oxygen atoms in total. The Kier molecular flexibility index (Phi) is 6.80. The maximum Gasteiger partial charge on any atom is 0.274 e. The van der Waals surface area contributed by atoms with Crippen molar-refractivity contribution < 1.29 is 14.6 Å². The van der Waals surface area contributed by atoms with Crippen LogP contribution in [0.2, 0.25) is 0 Å². The number of nitrogens with one attached hydrogen (secondary N) is 1. The number of amides is 1. The summed E-state index contributed by atoms with van der Waals surface area (Å²) in [6.07, 6.45) is 8.03. The first-order chi connectivity index (χ1) is 14.5. The molecule has 2 N–H and O–H groups in total. The Morgan fingerprint density at radius 3 is 2.70 bits per heavy atom. The van der Waals surface area contributed by atoms with E-state index in [1.165, 1.54) is 12.1 Å². The summed E-state index contributed by atoms with van der Waals surface area (Å²) in [5.41, 5.74) is 2.42. The van der Waals surface area contributed by atoms with Crippen molar-refractivity contribution in [2.45, 2.75) is 83.4 Å². The van der Waals surface area contributed by atoms with Crippen molar-refractivity contribution in [3.63, 3.8) is 0 Å². The lowest BCUT2D eigenvalue weighted by molar-refractivity contribution is 0.00226. The predicted octanol–water partition coefficient (Wildman–Crippen LogP) is 2.15. The summed E-state index contributed by atoms with van der Waals surface area (Å²) in [6, 6.07) is 0.288. The van der Waals surface area contributed by atoms with Crippen LogP contribution in [0.4, 0.5) is 0 Å².